The van der Waals surface area contributed by atoms with E-state index in [1.165, 1.54) is 5.56 Å². The van der Waals surface area contributed by atoms with Crippen LogP contribution < -0.4 is 5.73 Å². The molecular weight excluding hydrogens is 280 g/mol. The number of hydrogen-bond acceptors (Lipinski definition) is 4. The molecular formula is C17H24N2O3. The number of nitrogens with two attached hydrogens (primary N) is 1. The Labute approximate surface area is 131 Å². The Bertz CT molecular complexity index is 490. The molecule has 1 aliphatic rings. The maximum absolute atomic E-state index is 12.3. The predicted octanol–water partition coefficient (Wildman–Crippen LogP) is 1.85. The van der Waals surface area contributed by atoms with E-state index in [-0.39, 0.29) is 30.9 Å². The number of amides is 1. The van der Waals surface area contributed by atoms with E-state index in [9.17, 15) is 9.59 Å². The van der Waals surface area contributed by atoms with E-state index in [0.717, 1.165) is 32.4 Å². The van der Waals surface area contributed by atoms with Crippen LogP contribution in [0.4, 0.5) is 0 Å². The van der Waals surface area contributed by atoms with Gasteiger partial charge >= 0.3 is 5.97 Å². The molecule has 22 heavy (non-hydrogen) atoms. The SMILES string of the molecule is NC(=O)CCCOC(=O)C1CCCCN1Cc1ccccc1. The van der Waals surface area contributed by atoms with Crippen LogP contribution in [-0.4, -0.2) is 36.0 Å². The normalized spacial score (nSPS) is 18.8. The molecule has 5 nitrogen and oxygen atoms in total. The van der Waals surface area contributed by atoms with E-state index in [1.807, 2.05) is 18.2 Å². The monoisotopic (exact) mass is 304 g/mol. The smallest absolute Gasteiger partial charge is 0.323 e. The number of hydrogen-bond donors (Lipinski definition) is 1. The fourth-order valence-electron chi connectivity index (χ4n) is 2.78. The van der Waals surface area contributed by atoms with Crippen molar-refractivity contribution in [2.24, 2.45) is 5.73 Å². The Morgan fingerprint density at radius 1 is 1.23 bits per heavy atom. The fraction of sp³-hybridized carbons (Fsp3) is 0.529. The molecule has 1 aliphatic heterocycles. The zero-order valence-corrected chi connectivity index (χ0v) is 12.9. The highest BCUT2D eigenvalue weighted by Gasteiger charge is 2.29. The summed E-state index contributed by atoms with van der Waals surface area (Å²) in [6.07, 6.45) is 3.74. The van der Waals surface area contributed by atoms with Gasteiger partial charge in [0.1, 0.15) is 6.04 Å². The molecule has 0 saturated carbocycles. The Kier molecular flexibility index (Phi) is 6.40. The molecule has 0 aliphatic carbocycles. The first-order valence-corrected chi connectivity index (χ1v) is 7.90. The van der Waals surface area contributed by atoms with Crippen LogP contribution in [0.5, 0.6) is 0 Å². The number of benzene rings is 1. The van der Waals surface area contributed by atoms with Gasteiger partial charge < -0.3 is 10.5 Å². The molecule has 1 aromatic rings. The highest BCUT2D eigenvalue weighted by molar-refractivity contribution is 5.76. The van der Waals surface area contributed by atoms with Gasteiger partial charge in [-0.15, -0.1) is 0 Å². The largest absolute Gasteiger partial charge is 0.465 e. The summed E-state index contributed by atoms with van der Waals surface area (Å²) in [5.41, 5.74) is 6.28. The van der Waals surface area contributed by atoms with Crippen molar-refractivity contribution >= 4 is 11.9 Å². The zero-order valence-electron chi connectivity index (χ0n) is 12.9. The van der Waals surface area contributed by atoms with Gasteiger partial charge in [0, 0.05) is 13.0 Å². The van der Waals surface area contributed by atoms with Gasteiger partial charge in [0.15, 0.2) is 0 Å². The van der Waals surface area contributed by atoms with E-state index in [1.54, 1.807) is 0 Å². The van der Waals surface area contributed by atoms with E-state index in [2.05, 4.69) is 17.0 Å². The highest BCUT2D eigenvalue weighted by atomic mass is 16.5. The second-order valence-corrected chi connectivity index (χ2v) is 5.71. The van der Waals surface area contributed by atoms with Gasteiger partial charge in [-0.3, -0.25) is 14.5 Å². The minimum absolute atomic E-state index is 0.178. The van der Waals surface area contributed by atoms with Crippen LogP contribution in [0, 0.1) is 0 Å². The third-order valence-electron chi connectivity index (χ3n) is 3.93. The lowest BCUT2D eigenvalue weighted by molar-refractivity contribution is -0.152. The first-order valence-electron chi connectivity index (χ1n) is 7.90. The van der Waals surface area contributed by atoms with Crippen LogP contribution in [0.25, 0.3) is 0 Å². The quantitative estimate of drug-likeness (QED) is 0.616. The molecule has 1 heterocycles. The molecule has 1 saturated heterocycles. The Hall–Kier alpha value is -1.88. The topological polar surface area (TPSA) is 72.6 Å². The van der Waals surface area contributed by atoms with Crippen molar-refractivity contribution in [1.29, 1.82) is 0 Å². The fourth-order valence-corrected chi connectivity index (χ4v) is 2.78. The number of carbonyl (C=O) groups is 2. The van der Waals surface area contributed by atoms with E-state index < -0.39 is 0 Å². The van der Waals surface area contributed by atoms with Gasteiger partial charge in [0.05, 0.1) is 6.61 Å². The average Bonchev–Trinajstić information content (AvgIpc) is 2.53. The molecule has 0 spiro atoms. The zero-order chi connectivity index (χ0) is 15.8. The summed E-state index contributed by atoms with van der Waals surface area (Å²) in [7, 11) is 0. The number of carbonyl (C=O) groups excluding carboxylic acids is 2. The maximum Gasteiger partial charge on any atom is 0.323 e. The van der Waals surface area contributed by atoms with Crippen molar-refractivity contribution in [2.75, 3.05) is 13.2 Å². The van der Waals surface area contributed by atoms with Crippen LogP contribution in [0.3, 0.4) is 0 Å². The first kappa shape index (κ1) is 16.5. The lowest BCUT2D eigenvalue weighted by Crippen LogP contribution is -2.45. The van der Waals surface area contributed by atoms with E-state index in [0.29, 0.717) is 6.42 Å². The van der Waals surface area contributed by atoms with Crippen molar-refractivity contribution in [3.8, 4) is 0 Å². The van der Waals surface area contributed by atoms with Gasteiger partial charge in [-0.1, -0.05) is 36.8 Å². The third kappa shape index (κ3) is 5.15. The molecule has 120 valence electrons. The Morgan fingerprint density at radius 3 is 2.73 bits per heavy atom. The summed E-state index contributed by atoms with van der Waals surface area (Å²) < 4.78 is 5.31. The molecule has 1 aromatic carbocycles. The highest BCUT2D eigenvalue weighted by Crippen LogP contribution is 2.20. The summed E-state index contributed by atoms with van der Waals surface area (Å²) in [6, 6.07) is 9.98. The van der Waals surface area contributed by atoms with Crippen LogP contribution >= 0.6 is 0 Å². The molecule has 0 radical (unpaired) electrons. The molecule has 1 unspecified atom stereocenters. The number of piperidine rings is 1. The van der Waals surface area contributed by atoms with E-state index in [4.69, 9.17) is 10.5 Å². The van der Waals surface area contributed by atoms with Crippen molar-refractivity contribution in [2.45, 2.75) is 44.7 Å². The summed E-state index contributed by atoms with van der Waals surface area (Å²) in [4.78, 5) is 25.1. The number of likely N-dealkylation sites (tertiary alicyclic amines) is 1. The molecule has 5 heteroatoms. The number of nitrogens with zero attached hydrogens (tertiary/aromatic N) is 1. The van der Waals surface area contributed by atoms with Crippen molar-refractivity contribution in [1.82, 2.24) is 4.90 Å². The van der Waals surface area contributed by atoms with Crippen LogP contribution in [-0.2, 0) is 20.9 Å². The lowest BCUT2D eigenvalue weighted by atomic mass is 10.0. The van der Waals surface area contributed by atoms with Gasteiger partial charge in [-0.05, 0) is 31.4 Å². The summed E-state index contributed by atoms with van der Waals surface area (Å²) >= 11 is 0. The summed E-state index contributed by atoms with van der Waals surface area (Å²) in [6.45, 7) is 1.94. The van der Waals surface area contributed by atoms with Crippen molar-refractivity contribution < 1.29 is 14.3 Å². The molecule has 2 N–H and O–H groups in total. The van der Waals surface area contributed by atoms with Crippen molar-refractivity contribution in [3.63, 3.8) is 0 Å². The molecule has 1 fully saturated rings. The van der Waals surface area contributed by atoms with Crippen LogP contribution in [0.15, 0.2) is 30.3 Å². The van der Waals surface area contributed by atoms with Crippen LogP contribution in [0.1, 0.15) is 37.7 Å². The molecule has 2 rings (SSSR count). The minimum atomic E-state index is -0.362. The second kappa shape index (κ2) is 8.54. The molecule has 0 aromatic heterocycles. The number of ether oxygens (including phenoxy) is 1. The standard InChI is InChI=1S/C17H24N2O3/c18-16(20)10-6-12-22-17(21)15-9-4-5-11-19(15)13-14-7-2-1-3-8-14/h1-3,7-8,15H,4-6,9-13H2,(H2,18,20). The number of rotatable bonds is 7. The molecule has 1 amide bonds. The lowest BCUT2D eigenvalue weighted by Gasteiger charge is -2.34. The van der Waals surface area contributed by atoms with Gasteiger partial charge in [-0.2, -0.15) is 0 Å². The molecule has 1 atom stereocenters. The number of esters is 1. The van der Waals surface area contributed by atoms with Gasteiger partial charge in [0.2, 0.25) is 5.91 Å². The first-order chi connectivity index (χ1) is 10.7. The Balaban J connectivity index is 1.86. The summed E-state index contributed by atoms with van der Waals surface area (Å²) in [5.74, 6) is -0.542. The predicted molar refractivity (Wildman–Crippen MR) is 83.9 cm³/mol. The maximum atomic E-state index is 12.3. The minimum Gasteiger partial charge on any atom is -0.465 e. The van der Waals surface area contributed by atoms with Crippen LogP contribution in [0.2, 0.25) is 0 Å². The second-order valence-electron chi connectivity index (χ2n) is 5.71. The number of primary amides is 1. The van der Waals surface area contributed by atoms with E-state index >= 15 is 0 Å². The average molecular weight is 304 g/mol. The van der Waals surface area contributed by atoms with Crippen molar-refractivity contribution in [3.05, 3.63) is 35.9 Å². The van der Waals surface area contributed by atoms with Gasteiger partial charge in [0.25, 0.3) is 0 Å². The molecule has 0 bridgehead atoms. The van der Waals surface area contributed by atoms with Gasteiger partial charge in [-0.25, -0.2) is 0 Å². The third-order valence-corrected chi connectivity index (χ3v) is 3.93. The Morgan fingerprint density at radius 2 is 2.00 bits per heavy atom. The summed E-state index contributed by atoms with van der Waals surface area (Å²) in [5, 5.41) is 0.